The van der Waals surface area contributed by atoms with Crippen LogP contribution in [-0.4, -0.2) is 40.1 Å². The second-order valence-corrected chi connectivity index (χ2v) is 8.30. The number of hydrogen-bond donors (Lipinski definition) is 0. The largest absolute Gasteiger partial charge is 0.379 e. The van der Waals surface area contributed by atoms with Gasteiger partial charge in [-0.1, -0.05) is 19.3 Å². The Morgan fingerprint density at radius 3 is 2.42 bits per heavy atom. The molecule has 1 aliphatic rings. The fraction of sp³-hybridized carbons (Fsp3) is 1.00. The molecule has 0 spiro atoms. The lowest BCUT2D eigenvalue weighted by Gasteiger charge is -2.36. The van der Waals surface area contributed by atoms with E-state index in [0.29, 0.717) is 19.8 Å². The van der Waals surface area contributed by atoms with E-state index in [2.05, 4.69) is 0 Å². The van der Waals surface area contributed by atoms with Crippen LogP contribution in [0, 0.1) is 5.41 Å². The summed E-state index contributed by atoms with van der Waals surface area (Å²) in [6.45, 7) is 5.54. The summed E-state index contributed by atoms with van der Waals surface area (Å²) in [6, 6.07) is 0. The van der Waals surface area contributed by atoms with E-state index in [1.165, 1.54) is 6.42 Å². The van der Waals surface area contributed by atoms with Crippen LogP contribution in [-0.2, 0) is 18.5 Å². The third-order valence-electron chi connectivity index (χ3n) is 3.62. The van der Waals surface area contributed by atoms with Crippen molar-refractivity contribution >= 4 is 19.7 Å². The van der Waals surface area contributed by atoms with Crippen molar-refractivity contribution in [3.8, 4) is 0 Å². The van der Waals surface area contributed by atoms with Crippen LogP contribution in [0.25, 0.3) is 0 Å². The molecule has 1 rings (SSSR count). The van der Waals surface area contributed by atoms with Gasteiger partial charge in [0.05, 0.1) is 25.1 Å². The maximum Gasteiger partial charge on any atom is 0.233 e. The van der Waals surface area contributed by atoms with Crippen LogP contribution in [0.5, 0.6) is 0 Å². The SMILES string of the molecule is CCOCC(C)OCC1(CS(=O)(=O)Cl)CCCCC1. The first-order valence-electron chi connectivity index (χ1n) is 6.98. The lowest BCUT2D eigenvalue weighted by atomic mass is 9.76. The summed E-state index contributed by atoms with van der Waals surface area (Å²) in [5.74, 6) is 0.0168. The van der Waals surface area contributed by atoms with Crippen molar-refractivity contribution in [2.75, 3.05) is 25.6 Å². The van der Waals surface area contributed by atoms with Gasteiger partial charge in [0, 0.05) is 22.7 Å². The van der Waals surface area contributed by atoms with Crippen LogP contribution in [0.3, 0.4) is 0 Å². The first-order chi connectivity index (χ1) is 8.87. The maximum atomic E-state index is 11.4. The van der Waals surface area contributed by atoms with E-state index in [0.717, 1.165) is 25.7 Å². The Hall–Kier alpha value is 0.160. The van der Waals surface area contributed by atoms with Crippen molar-refractivity contribution in [2.24, 2.45) is 5.41 Å². The predicted molar refractivity (Wildman–Crippen MR) is 77.1 cm³/mol. The second kappa shape index (κ2) is 7.81. The molecule has 0 aromatic heterocycles. The van der Waals surface area contributed by atoms with E-state index in [-0.39, 0.29) is 17.3 Å². The molecule has 0 aliphatic heterocycles. The number of ether oxygens (including phenoxy) is 2. The molecule has 19 heavy (non-hydrogen) atoms. The summed E-state index contributed by atoms with van der Waals surface area (Å²) in [6.07, 6.45) is 5.00. The molecule has 1 unspecified atom stereocenters. The summed E-state index contributed by atoms with van der Waals surface area (Å²) in [5, 5.41) is 0. The van der Waals surface area contributed by atoms with Crippen LogP contribution in [0.15, 0.2) is 0 Å². The van der Waals surface area contributed by atoms with Crippen LogP contribution in [0.1, 0.15) is 46.0 Å². The van der Waals surface area contributed by atoms with Crippen molar-refractivity contribution in [1.29, 1.82) is 0 Å². The minimum absolute atomic E-state index is 0.0168. The zero-order valence-corrected chi connectivity index (χ0v) is 13.4. The van der Waals surface area contributed by atoms with E-state index in [1.807, 2.05) is 13.8 Å². The zero-order chi connectivity index (χ0) is 14.4. The van der Waals surface area contributed by atoms with Gasteiger partial charge in [0.2, 0.25) is 9.05 Å². The highest BCUT2D eigenvalue weighted by atomic mass is 35.7. The molecule has 6 heteroatoms. The van der Waals surface area contributed by atoms with E-state index < -0.39 is 9.05 Å². The summed E-state index contributed by atoms with van der Waals surface area (Å²) in [4.78, 5) is 0. The molecule has 0 N–H and O–H groups in total. The van der Waals surface area contributed by atoms with Crippen molar-refractivity contribution in [1.82, 2.24) is 0 Å². The van der Waals surface area contributed by atoms with Crippen LogP contribution in [0.2, 0.25) is 0 Å². The van der Waals surface area contributed by atoms with Crippen molar-refractivity contribution in [2.45, 2.75) is 52.1 Å². The Morgan fingerprint density at radius 2 is 1.89 bits per heavy atom. The van der Waals surface area contributed by atoms with Gasteiger partial charge in [0.15, 0.2) is 0 Å². The standard InChI is InChI=1S/C13H25ClO4S/c1-3-17-9-12(2)18-10-13(11-19(14,15)16)7-5-4-6-8-13/h12H,3-11H2,1-2H3. The van der Waals surface area contributed by atoms with E-state index in [1.54, 1.807) is 0 Å². The first kappa shape index (κ1) is 17.2. The molecule has 0 radical (unpaired) electrons. The van der Waals surface area contributed by atoms with E-state index >= 15 is 0 Å². The molecule has 1 saturated carbocycles. The van der Waals surface area contributed by atoms with Gasteiger partial charge >= 0.3 is 0 Å². The van der Waals surface area contributed by atoms with Crippen molar-refractivity contribution in [3.63, 3.8) is 0 Å². The fourth-order valence-corrected chi connectivity index (χ4v) is 4.45. The Morgan fingerprint density at radius 1 is 1.26 bits per heavy atom. The third kappa shape index (κ3) is 6.93. The lowest BCUT2D eigenvalue weighted by molar-refractivity contribution is -0.0446. The van der Waals surface area contributed by atoms with Crippen LogP contribution in [0.4, 0.5) is 0 Å². The first-order valence-corrected chi connectivity index (χ1v) is 9.46. The van der Waals surface area contributed by atoms with Gasteiger partial charge in [-0.25, -0.2) is 8.42 Å². The summed E-state index contributed by atoms with van der Waals surface area (Å²) >= 11 is 0. The minimum Gasteiger partial charge on any atom is -0.379 e. The molecule has 0 bridgehead atoms. The molecule has 4 nitrogen and oxygen atoms in total. The average molecular weight is 313 g/mol. The molecule has 114 valence electrons. The Labute approximate surface area is 121 Å². The normalized spacial score (nSPS) is 21.2. The molecule has 0 heterocycles. The molecular weight excluding hydrogens is 288 g/mol. The van der Waals surface area contributed by atoms with Crippen LogP contribution >= 0.6 is 10.7 Å². The van der Waals surface area contributed by atoms with Gasteiger partial charge in [0.25, 0.3) is 0 Å². The second-order valence-electron chi connectivity index (χ2n) is 5.52. The smallest absolute Gasteiger partial charge is 0.233 e. The molecule has 1 atom stereocenters. The number of rotatable bonds is 8. The lowest BCUT2D eigenvalue weighted by Crippen LogP contribution is -2.37. The molecular formula is C13H25ClO4S. The maximum absolute atomic E-state index is 11.4. The number of halogens is 1. The molecule has 0 aromatic rings. The van der Waals surface area contributed by atoms with Gasteiger partial charge in [-0.2, -0.15) is 0 Å². The highest BCUT2D eigenvalue weighted by Gasteiger charge is 2.36. The molecule has 0 saturated heterocycles. The molecule has 1 fully saturated rings. The highest BCUT2D eigenvalue weighted by Crippen LogP contribution is 2.38. The van der Waals surface area contributed by atoms with Crippen molar-refractivity contribution in [3.05, 3.63) is 0 Å². The minimum atomic E-state index is -3.49. The topological polar surface area (TPSA) is 52.6 Å². The Kier molecular flexibility index (Phi) is 7.08. The zero-order valence-electron chi connectivity index (χ0n) is 11.9. The molecule has 0 aromatic carbocycles. The molecule has 1 aliphatic carbocycles. The summed E-state index contributed by atoms with van der Waals surface area (Å²) in [5.41, 5.74) is -0.306. The fourth-order valence-electron chi connectivity index (χ4n) is 2.65. The Balaban J connectivity index is 2.54. The van der Waals surface area contributed by atoms with E-state index in [9.17, 15) is 8.42 Å². The van der Waals surface area contributed by atoms with Gasteiger partial charge in [-0.05, 0) is 26.7 Å². The summed E-state index contributed by atoms with van der Waals surface area (Å²) < 4.78 is 33.9. The number of hydrogen-bond acceptors (Lipinski definition) is 4. The average Bonchev–Trinajstić information content (AvgIpc) is 2.33. The monoisotopic (exact) mass is 312 g/mol. The quantitative estimate of drug-likeness (QED) is 0.647. The van der Waals surface area contributed by atoms with Gasteiger partial charge in [0.1, 0.15) is 0 Å². The predicted octanol–water partition coefficient (Wildman–Crippen LogP) is 2.95. The summed E-state index contributed by atoms with van der Waals surface area (Å²) in [7, 11) is 1.96. The molecule has 0 amide bonds. The Bertz CT molecular complexity index is 350. The van der Waals surface area contributed by atoms with Crippen molar-refractivity contribution < 1.29 is 17.9 Å². The third-order valence-corrected chi connectivity index (χ3v) is 4.91. The van der Waals surface area contributed by atoms with Gasteiger partial charge in [-0.15, -0.1) is 0 Å². The highest BCUT2D eigenvalue weighted by molar-refractivity contribution is 8.13. The van der Waals surface area contributed by atoms with Crippen LogP contribution < -0.4 is 0 Å². The van der Waals surface area contributed by atoms with Gasteiger partial charge < -0.3 is 9.47 Å². The van der Waals surface area contributed by atoms with Gasteiger partial charge in [-0.3, -0.25) is 0 Å². The van der Waals surface area contributed by atoms with E-state index in [4.69, 9.17) is 20.2 Å².